The highest BCUT2D eigenvalue weighted by Crippen LogP contribution is 2.21. The highest BCUT2D eigenvalue weighted by molar-refractivity contribution is 6.59. The van der Waals surface area contributed by atoms with Crippen molar-refractivity contribution in [1.29, 1.82) is 0 Å². The van der Waals surface area contributed by atoms with Crippen molar-refractivity contribution in [3.8, 4) is 0 Å². The van der Waals surface area contributed by atoms with Crippen LogP contribution in [0.2, 0.25) is 0 Å². The number of hydrogen-bond acceptors (Lipinski definition) is 6. The van der Waals surface area contributed by atoms with Gasteiger partial charge in [0.2, 0.25) is 0 Å². The van der Waals surface area contributed by atoms with Crippen LogP contribution in [0.25, 0.3) is 10.9 Å². The predicted octanol–water partition coefficient (Wildman–Crippen LogP) is 1.80. The van der Waals surface area contributed by atoms with Crippen LogP contribution in [-0.2, 0) is 20.6 Å². The van der Waals surface area contributed by atoms with Crippen LogP contribution in [0, 0.1) is 0 Å². The van der Waals surface area contributed by atoms with Gasteiger partial charge in [0.25, 0.3) is 0 Å². The van der Waals surface area contributed by atoms with Gasteiger partial charge in [-0.3, -0.25) is 4.57 Å². The molecule has 0 bridgehead atoms. The van der Waals surface area contributed by atoms with Crippen LogP contribution in [-0.4, -0.2) is 52.9 Å². The Kier molecular flexibility index (Phi) is 5.91. The maximum Gasteiger partial charge on any atom is 0.506 e. The summed E-state index contributed by atoms with van der Waals surface area (Å²) in [5, 5.41) is 20.1. The van der Waals surface area contributed by atoms with E-state index < -0.39 is 18.8 Å². The zero-order chi connectivity index (χ0) is 19.6. The first kappa shape index (κ1) is 19.9. The Labute approximate surface area is 159 Å². The van der Waals surface area contributed by atoms with E-state index in [0.29, 0.717) is 18.7 Å². The fraction of sp³-hybridized carbons (Fsp3) is 0.526. The number of benzene rings is 1. The van der Waals surface area contributed by atoms with Crippen molar-refractivity contribution in [3.05, 3.63) is 29.8 Å². The minimum Gasteiger partial charge on any atom is -0.443 e. The van der Waals surface area contributed by atoms with Gasteiger partial charge in [0, 0.05) is 5.39 Å². The van der Waals surface area contributed by atoms with E-state index >= 15 is 0 Å². The SMILES string of the molecule is CC(C)(C)OC(=O)n1c(B(O)O)cc2cc(CCCC3OCCO3)ccc21. The molecule has 1 aliphatic rings. The van der Waals surface area contributed by atoms with E-state index in [2.05, 4.69) is 0 Å². The Morgan fingerprint density at radius 3 is 2.59 bits per heavy atom. The van der Waals surface area contributed by atoms with Crippen LogP contribution in [0.5, 0.6) is 0 Å². The number of carbonyl (C=O) groups excluding carboxylic acids is 1. The first-order chi connectivity index (χ1) is 12.7. The molecule has 1 aromatic heterocycles. The van der Waals surface area contributed by atoms with Crippen molar-refractivity contribution in [2.45, 2.75) is 51.9 Å². The van der Waals surface area contributed by atoms with Crippen molar-refractivity contribution < 1.29 is 29.1 Å². The van der Waals surface area contributed by atoms with Crippen LogP contribution in [0.15, 0.2) is 24.3 Å². The average molecular weight is 375 g/mol. The molecule has 0 spiro atoms. The van der Waals surface area contributed by atoms with Gasteiger partial charge in [0.05, 0.1) is 24.3 Å². The van der Waals surface area contributed by atoms with Crippen LogP contribution < -0.4 is 5.59 Å². The lowest BCUT2D eigenvalue weighted by Crippen LogP contribution is -2.40. The molecule has 1 saturated heterocycles. The van der Waals surface area contributed by atoms with Gasteiger partial charge in [-0.2, -0.15) is 0 Å². The Morgan fingerprint density at radius 2 is 1.96 bits per heavy atom. The molecule has 1 aromatic carbocycles. The second-order valence-electron chi connectivity index (χ2n) is 7.72. The van der Waals surface area contributed by atoms with E-state index in [1.165, 1.54) is 4.57 Å². The lowest BCUT2D eigenvalue weighted by molar-refractivity contribution is -0.0475. The molecule has 0 atom stereocenters. The highest BCUT2D eigenvalue weighted by atomic mass is 16.7. The Bertz CT molecular complexity index is 804. The minimum absolute atomic E-state index is 0.0872. The van der Waals surface area contributed by atoms with E-state index in [0.717, 1.165) is 30.2 Å². The highest BCUT2D eigenvalue weighted by Gasteiger charge is 2.27. The number of aromatic nitrogens is 1. The number of fused-ring (bicyclic) bond motifs is 1. The van der Waals surface area contributed by atoms with E-state index in [9.17, 15) is 14.8 Å². The summed E-state index contributed by atoms with van der Waals surface area (Å²) in [7, 11) is -1.77. The topological polar surface area (TPSA) is 90.2 Å². The first-order valence-electron chi connectivity index (χ1n) is 9.21. The molecular formula is C19H26BNO6. The quantitative estimate of drug-likeness (QED) is 0.775. The standard InChI is InChI=1S/C19H26BNO6/c1-19(2,3)27-18(22)21-15-8-7-13(5-4-6-17-25-9-10-26-17)11-14(15)12-16(21)20(23)24/h7-8,11-12,17,23-24H,4-6,9-10H2,1-3H3. The van der Waals surface area contributed by atoms with Gasteiger partial charge in [0.15, 0.2) is 6.29 Å². The molecule has 2 heterocycles. The molecule has 0 radical (unpaired) electrons. The normalized spacial score (nSPS) is 15.4. The Hall–Kier alpha value is -1.87. The summed E-state index contributed by atoms with van der Waals surface area (Å²) in [6, 6.07) is 7.31. The predicted molar refractivity (Wildman–Crippen MR) is 102 cm³/mol. The second-order valence-corrected chi connectivity index (χ2v) is 7.72. The average Bonchev–Trinajstić information content (AvgIpc) is 3.19. The summed E-state index contributed by atoms with van der Waals surface area (Å²) in [6.07, 6.45) is 1.84. The minimum atomic E-state index is -1.77. The molecule has 2 aromatic rings. The molecule has 0 amide bonds. The van der Waals surface area contributed by atoms with Crippen molar-refractivity contribution in [2.75, 3.05) is 13.2 Å². The number of hydrogen-bond donors (Lipinski definition) is 2. The van der Waals surface area contributed by atoms with Crippen LogP contribution >= 0.6 is 0 Å². The molecule has 2 N–H and O–H groups in total. The third-order valence-electron chi connectivity index (χ3n) is 4.33. The summed E-state index contributed by atoms with van der Waals surface area (Å²) in [4.78, 5) is 12.6. The van der Waals surface area contributed by atoms with Gasteiger partial charge in [-0.1, -0.05) is 6.07 Å². The molecule has 0 unspecified atom stereocenters. The van der Waals surface area contributed by atoms with Crippen molar-refractivity contribution >= 4 is 29.7 Å². The Balaban J connectivity index is 1.80. The van der Waals surface area contributed by atoms with Gasteiger partial charge in [-0.25, -0.2) is 4.79 Å². The maximum absolute atomic E-state index is 12.6. The third-order valence-corrected chi connectivity index (χ3v) is 4.33. The summed E-state index contributed by atoms with van der Waals surface area (Å²) >= 11 is 0. The van der Waals surface area contributed by atoms with Gasteiger partial charge in [0.1, 0.15) is 5.60 Å². The first-order valence-corrected chi connectivity index (χ1v) is 9.21. The molecular weight excluding hydrogens is 349 g/mol. The van der Waals surface area contributed by atoms with E-state index in [1.807, 2.05) is 18.2 Å². The fourth-order valence-corrected chi connectivity index (χ4v) is 3.19. The summed E-state index contributed by atoms with van der Waals surface area (Å²) < 4.78 is 17.5. The van der Waals surface area contributed by atoms with Gasteiger partial charge < -0.3 is 24.3 Å². The molecule has 1 aliphatic heterocycles. The molecule has 0 saturated carbocycles. The second kappa shape index (κ2) is 8.02. The van der Waals surface area contributed by atoms with E-state index in [4.69, 9.17) is 14.2 Å². The maximum atomic E-state index is 12.6. The zero-order valence-electron chi connectivity index (χ0n) is 16.0. The van der Waals surface area contributed by atoms with E-state index in [-0.39, 0.29) is 11.9 Å². The number of rotatable bonds is 5. The van der Waals surface area contributed by atoms with Crippen molar-refractivity contribution in [2.24, 2.45) is 0 Å². The number of ether oxygens (including phenoxy) is 3. The molecule has 1 fully saturated rings. The number of aryl methyl sites for hydroxylation is 1. The summed E-state index contributed by atoms with van der Waals surface area (Å²) in [6.45, 7) is 6.60. The Morgan fingerprint density at radius 1 is 1.26 bits per heavy atom. The number of carbonyl (C=O) groups is 1. The van der Waals surface area contributed by atoms with Crippen LogP contribution in [0.1, 0.15) is 39.2 Å². The smallest absolute Gasteiger partial charge is 0.443 e. The van der Waals surface area contributed by atoms with Gasteiger partial charge >= 0.3 is 13.2 Å². The largest absolute Gasteiger partial charge is 0.506 e. The van der Waals surface area contributed by atoms with Crippen LogP contribution in [0.4, 0.5) is 4.79 Å². The van der Waals surface area contributed by atoms with E-state index in [1.54, 1.807) is 26.8 Å². The molecule has 146 valence electrons. The molecule has 0 aliphatic carbocycles. The molecule has 3 rings (SSSR count). The molecule has 7 nitrogen and oxygen atoms in total. The van der Waals surface area contributed by atoms with Crippen molar-refractivity contribution in [1.82, 2.24) is 4.57 Å². The third kappa shape index (κ3) is 4.90. The van der Waals surface area contributed by atoms with Crippen molar-refractivity contribution in [3.63, 3.8) is 0 Å². The summed E-state index contributed by atoms with van der Waals surface area (Å²) in [5.74, 6) is 0. The summed E-state index contributed by atoms with van der Waals surface area (Å²) in [5.41, 5.74) is 1.08. The molecule has 27 heavy (non-hydrogen) atoms. The number of nitrogens with zero attached hydrogens (tertiary/aromatic N) is 1. The lowest BCUT2D eigenvalue weighted by Gasteiger charge is -2.21. The lowest BCUT2D eigenvalue weighted by atomic mass is 9.86. The zero-order valence-corrected chi connectivity index (χ0v) is 16.0. The fourth-order valence-electron chi connectivity index (χ4n) is 3.19. The van der Waals surface area contributed by atoms with Crippen LogP contribution in [0.3, 0.4) is 0 Å². The van der Waals surface area contributed by atoms with Gasteiger partial charge in [-0.05, 0) is 63.8 Å². The van der Waals surface area contributed by atoms with Gasteiger partial charge in [-0.15, -0.1) is 0 Å². The monoisotopic (exact) mass is 375 g/mol. The molecule has 8 heteroatoms.